The van der Waals surface area contributed by atoms with Crippen LogP contribution in [0.25, 0.3) is 0 Å². The number of anilines is 1. The van der Waals surface area contributed by atoms with Gasteiger partial charge in [-0.3, -0.25) is 0 Å². The lowest BCUT2D eigenvalue weighted by Gasteiger charge is -2.13. The van der Waals surface area contributed by atoms with Crippen LogP contribution in [0.1, 0.15) is 12.2 Å². The van der Waals surface area contributed by atoms with Crippen LogP contribution in [0.15, 0.2) is 6.07 Å². The lowest BCUT2D eigenvalue weighted by molar-refractivity contribution is -0.144. The highest BCUT2D eigenvalue weighted by molar-refractivity contribution is 7.91. The molecule has 5 nitrogen and oxygen atoms in total. The minimum absolute atomic E-state index is 0.00953. The van der Waals surface area contributed by atoms with E-state index in [1.54, 1.807) is 0 Å². The number of nitrogens with zero attached hydrogens (tertiary/aromatic N) is 2. The van der Waals surface area contributed by atoms with Crippen molar-refractivity contribution in [3.63, 3.8) is 0 Å². The van der Waals surface area contributed by atoms with Crippen molar-refractivity contribution in [1.82, 2.24) is 9.97 Å². The Morgan fingerprint density at radius 1 is 1.37 bits per heavy atom. The summed E-state index contributed by atoms with van der Waals surface area (Å²) in [5.74, 6) is -1.61. The Kier molecular flexibility index (Phi) is 3.61. The molecule has 1 saturated heterocycles. The number of sulfone groups is 1. The third-order valence-corrected chi connectivity index (χ3v) is 4.49. The highest BCUT2D eigenvalue weighted by Crippen LogP contribution is 2.28. The van der Waals surface area contributed by atoms with E-state index in [1.165, 1.54) is 0 Å². The van der Waals surface area contributed by atoms with Crippen LogP contribution in [-0.2, 0) is 16.0 Å². The van der Waals surface area contributed by atoms with Crippen molar-refractivity contribution in [2.24, 2.45) is 0 Å². The van der Waals surface area contributed by atoms with Gasteiger partial charge in [-0.1, -0.05) is 11.6 Å². The first kappa shape index (κ1) is 14.3. The van der Waals surface area contributed by atoms with Crippen LogP contribution < -0.4 is 5.32 Å². The molecule has 19 heavy (non-hydrogen) atoms. The highest BCUT2D eigenvalue weighted by atomic mass is 35.5. The molecule has 2 heterocycles. The van der Waals surface area contributed by atoms with Crippen LogP contribution in [-0.4, -0.2) is 35.9 Å². The zero-order valence-electron chi connectivity index (χ0n) is 9.41. The van der Waals surface area contributed by atoms with Crippen LogP contribution >= 0.6 is 11.6 Å². The lowest BCUT2D eigenvalue weighted by atomic mass is 10.2. The first-order chi connectivity index (χ1) is 8.66. The van der Waals surface area contributed by atoms with Gasteiger partial charge in [0, 0.05) is 12.1 Å². The third kappa shape index (κ3) is 3.69. The Morgan fingerprint density at radius 3 is 2.58 bits per heavy atom. The van der Waals surface area contributed by atoms with Gasteiger partial charge < -0.3 is 5.32 Å². The van der Waals surface area contributed by atoms with E-state index >= 15 is 0 Å². The molecular weight excluding hydrogens is 307 g/mol. The van der Waals surface area contributed by atoms with Crippen LogP contribution in [0.5, 0.6) is 0 Å². The molecular formula is C9H9ClF3N3O2S. The predicted molar refractivity (Wildman–Crippen MR) is 62.7 cm³/mol. The second-order valence-electron chi connectivity index (χ2n) is 4.14. The van der Waals surface area contributed by atoms with Crippen molar-refractivity contribution in [1.29, 1.82) is 0 Å². The molecule has 1 N–H and O–H groups in total. The number of aromatic nitrogens is 2. The van der Waals surface area contributed by atoms with E-state index in [0.717, 1.165) is 6.07 Å². The van der Waals surface area contributed by atoms with Gasteiger partial charge in [-0.05, 0) is 6.42 Å². The molecule has 0 saturated carbocycles. The Labute approximate surface area is 112 Å². The Hall–Kier alpha value is -1.09. The van der Waals surface area contributed by atoms with Gasteiger partial charge in [0.25, 0.3) is 0 Å². The van der Waals surface area contributed by atoms with Gasteiger partial charge in [-0.15, -0.1) is 0 Å². The number of hydrogen-bond donors (Lipinski definition) is 1. The van der Waals surface area contributed by atoms with Crippen LogP contribution in [0, 0.1) is 0 Å². The fraction of sp³-hybridized carbons (Fsp3) is 0.556. The number of nitrogens with one attached hydrogen (secondary N) is 1. The fourth-order valence-corrected chi connectivity index (χ4v) is 3.59. The first-order valence-electron chi connectivity index (χ1n) is 5.24. The maximum absolute atomic E-state index is 12.5. The standard InChI is InChI=1S/C9H9ClF3N3O2S/c10-6-3-7(16-8(15-6)9(11,12)13)14-5-1-2-19(17,18)4-5/h3,5H,1-2,4H2,(H,14,15,16). The van der Waals surface area contributed by atoms with Gasteiger partial charge in [-0.25, -0.2) is 18.4 Å². The summed E-state index contributed by atoms with van der Waals surface area (Å²) in [4.78, 5) is 6.37. The molecule has 10 heteroatoms. The quantitative estimate of drug-likeness (QED) is 0.842. The van der Waals surface area contributed by atoms with Gasteiger partial charge in [0.05, 0.1) is 11.5 Å². The number of rotatable bonds is 2. The van der Waals surface area contributed by atoms with E-state index < -0.39 is 27.9 Å². The SMILES string of the molecule is O=S1(=O)CCC(Nc2cc(Cl)nc(C(F)(F)F)n2)C1. The molecule has 0 bridgehead atoms. The average Bonchev–Trinajstić information content (AvgIpc) is 2.55. The molecule has 0 aromatic carbocycles. The summed E-state index contributed by atoms with van der Waals surface area (Å²) in [6.45, 7) is 0. The second kappa shape index (κ2) is 4.78. The monoisotopic (exact) mass is 315 g/mol. The number of halogens is 4. The summed E-state index contributed by atoms with van der Waals surface area (Å²) in [6, 6.07) is 0.666. The predicted octanol–water partition coefficient (Wildman–Crippen LogP) is 1.75. The minimum atomic E-state index is -4.71. The number of hydrogen-bond acceptors (Lipinski definition) is 5. The van der Waals surface area contributed by atoms with Gasteiger partial charge in [0.15, 0.2) is 9.84 Å². The molecule has 1 aromatic rings. The average molecular weight is 316 g/mol. The molecule has 0 amide bonds. The summed E-state index contributed by atoms with van der Waals surface area (Å²) in [5, 5.41) is 2.28. The molecule has 1 aliphatic heterocycles. The molecule has 2 rings (SSSR count). The largest absolute Gasteiger partial charge is 0.451 e. The van der Waals surface area contributed by atoms with Crippen molar-refractivity contribution < 1.29 is 21.6 Å². The molecule has 1 atom stereocenters. The van der Waals surface area contributed by atoms with Crippen molar-refractivity contribution >= 4 is 27.3 Å². The maximum Gasteiger partial charge on any atom is 0.451 e. The fourth-order valence-electron chi connectivity index (χ4n) is 1.74. The summed E-state index contributed by atoms with van der Waals surface area (Å²) >= 11 is 5.49. The van der Waals surface area contributed by atoms with E-state index in [2.05, 4.69) is 15.3 Å². The molecule has 1 aliphatic rings. The molecule has 1 aromatic heterocycles. The Morgan fingerprint density at radius 2 is 2.05 bits per heavy atom. The minimum Gasteiger partial charge on any atom is -0.366 e. The molecule has 0 spiro atoms. The first-order valence-corrected chi connectivity index (χ1v) is 7.44. The van der Waals surface area contributed by atoms with Gasteiger partial charge >= 0.3 is 6.18 Å². The molecule has 0 aliphatic carbocycles. The highest BCUT2D eigenvalue weighted by Gasteiger charge is 2.36. The smallest absolute Gasteiger partial charge is 0.366 e. The summed E-state index contributed by atoms with van der Waals surface area (Å²) < 4.78 is 59.9. The van der Waals surface area contributed by atoms with Crippen molar-refractivity contribution in [3.8, 4) is 0 Å². The summed E-state index contributed by atoms with van der Waals surface area (Å²) in [5.41, 5.74) is 0. The van der Waals surface area contributed by atoms with Crippen molar-refractivity contribution in [3.05, 3.63) is 17.0 Å². The van der Waals surface area contributed by atoms with Crippen molar-refractivity contribution in [2.75, 3.05) is 16.8 Å². The van der Waals surface area contributed by atoms with Gasteiger partial charge in [0.1, 0.15) is 11.0 Å². The van der Waals surface area contributed by atoms with Crippen LogP contribution in [0.3, 0.4) is 0 Å². The Balaban J connectivity index is 2.20. The zero-order valence-corrected chi connectivity index (χ0v) is 11.0. The van der Waals surface area contributed by atoms with Gasteiger partial charge in [0.2, 0.25) is 5.82 Å². The van der Waals surface area contributed by atoms with Crippen molar-refractivity contribution in [2.45, 2.75) is 18.6 Å². The molecule has 106 valence electrons. The molecule has 1 fully saturated rings. The molecule has 1 unspecified atom stereocenters. The maximum atomic E-state index is 12.5. The molecule has 0 radical (unpaired) electrons. The van der Waals surface area contributed by atoms with E-state index in [1.807, 2.05) is 0 Å². The van der Waals surface area contributed by atoms with E-state index in [9.17, 15) is 21.6 Å². The van der Waals surface area contributed by atoms with Crippen LogP contribution in [0.4, 0.5) is 19.0 Å². The summed E-state index contributed by atoms with van der Waals surface area (Å²) in [6.07, 6.45) is -4.38. The van der Waals surface area contributed by atoms with E-state index in [-0.39, 0.29) is 22.5 Å². The van der Waals surface area contributed by atoms with E-state index in [0.29, 0.717) is 6.42 Å². The Bertz CT molecular complexity index is 591. The third-order valence-electron chi connectivity index (χ3n) is 2.53. The van der Waals surface area contributed by atoms with Crippen LogP contribution in [0.2, 0.25) is 5.15 Å². The summed E-state index contributed by atoms with van der Waals surface area (Å²) in [7, 11) is -3.13. The topological polar surface area (TPSA) is 72.0 Å². The normalized spacial score (nSPS) is 22.4. The zero-order chi connectivity index (χ0) is 14.3. The second-order valence-corrected chi connectivity index (χ2v) is 6.76. The number of alkyl halides is 3. The van der Waals surface area contributed by atoms with E-state index in [4.69, 9.17) is 11.6 Å². The lowest BCUT2D eigenvalue weighted by Crippen LogP contribution is -2.22. The van der Waals surface area contributed by atoms with Gasteiger partial charge in [-0.2, -0.15) is 13.2 Å².